The predicted molar refractivity (Wildman–Crippen MR) is 121 cm³/mol. The van der Waals surface area contributed by atoms with E-state index in [0.717, 1.165) is 6.07 Å². The number of nitrogens with zero attached hydrogens (tertiary/aromatic N) is 4. The molecule has 0 atom stereocenters. The molecule has 1 saturated heterocycles. The molecule has 172 valence electrons. The van der Waals surface area contributed by atoms with Crippen LogP contribution < -0.4 is 5.43 Å². The largest absolute Gasteiger partial charge is 0.334 e. The number of carbonyl (C=O) groups excluding carboxylic acids is 1. The lowest BCUT2D eigenvalue weighted by atomic mass is 10.2. The molecule has 0 radical (unpaired) electrons. The van der Waals surface area contributed by atoms with Gasteiger partial charge in [-0.1, -0.05) is 29.8 Å². The van der Waals surface area contributed by atoms with Crippen molar-refractivity contribution in [1.82, 2.24) is 19.0 Å². The van der Waals surface area contributed by atoms with Crippen LogP contribution in [0.4, 0.5) is 4.39 Å². The van der Waals surface area contributed by atoms with Crippen LogP contribution in [0.3, 0.4) is 0 Å². The minimum absolute atomic E-state index is 0.00908. The summed E-state index contributed by atoms with van der Waals surface area (Å²) in [5.41, 5.74) is 0.227. The Kier molecular flexibility index (Phi) is 6.33. The van der Waals surface area contributed by atoms with Crippen LogP contribution in [-0.4, -0.2) is 59.5 Å². The Hall–Kier alpha value is -3.08. The van der Waals surface area contributed by atoms with Gasteiger partial charge in [0.25, 0.3) is 5.91 Å². The maximum atomic E-state index is 13.5. The fourth-order valence-electron chi connectivity index (χ4n) is 3.62. The Balaban J connectivity index is 1.55. The number of para-hydroxylation sites is 1. The number of amides is 1. The number of hydrogen-bond donors (Lipinski definition) is 0. The van der Waals surface area contributed by atoms with Crippen molar-refractivity contribution in [2.45, 2.75) is 11.8 Å². The summed E-state index contributed by atoms with van der Waals surface area (Å²) >= 11 is 6.25. The summed E-state index contributed by atoms with van der Waals surface area (Å²) in [5.74, 6) is -1.24. The van der Waals surface area contributed by atoms with Crippen LogP contribution in [0.1, 0.15) is 16.2 Å². The summed E-state index contributed by atoms with van der Waals surface area (Å²) < 4.78 is 41.7. The number of sulfonamides is 1. The first-order chi connectivity index (χ1) is 15.7. The average Bonchev–Trinajstić information content (AvgIpc) is 2.79. The Labute approximate surface area is 194 Å². The van der Waals surface area contributed by atoms with Crippen LogP contribution in [0, 0.1) is 12.7 Å². The van der Waals surface area contributed by atoms with Gasteiger partial charge >= 0.3 is 0 Å². The van der Waals surface area contributed by atoms with Gasteiger partial charge in [-0.25, -0.2) is 17.5 Å². The molecule has 0 N–H and O–H groups in total. The molecule has 1 fully saturated rings. The fourth-order valence-corrected chi connectivity index (χ4v) is 5.29. The van der Waals surface area contributed by atoms with Gasteiger partial charge in [0.1, 0.15) is 5.82 Å². The summed E-state index contributed by atoms with van der Waals surface area (Å²) in [6.07, 6.45) is 0. The topological polar surface area (TPSA) is 92.6 Å². The van der Waals surface area contributed by atoms with Gasteiger partial charge in [0.05, 0.1) is 15.6 Å². The van der Waals surface area contributed by atoms with Crippen molar-refractivity contribution in [3.63, 3.8) is 0 Å². The zero-order chi connectivity index (χ0) is 23.8. The van der Waals surface area contributed by atoms with E-state index >= 15 is 0 Å². The molecule has 2 aromatic carbocycles. The quantitative estimate of drug-likeness (QED) is 0.560. The van der Waals surface area contributed by atoms with E-state index in [-0.39, 0.29) is 36.8 Å². The lowest BCUT2D eigenvalue weighted by Crippen LogP contribution is -2.51. The molecule has 0 spiro atoms. The maximum absolute atomic E-state index is 13.5. The van der Waals surface area contributed by atoms with Crippen LogP contribution in [0.5, 0.6) is 0 Å². The Morgan fingerprint density at radius 3 is 2.39 bits per heavy atom. The lowest BCUT2D eigenvalue weighted by molar-refractivity contribution is 0.0688. The molecule has 0 saturated carbocycles. The highest BCUT2D eigenvalue weighted by atomic mass is 35.5. The number of carbonyl (C=O) groups is 1. The van der Waals surface area contributed by atoms with E-state index in [1.54, 1.807) is 31.2 Å². The number of piperazine rings is 1. The van der Waals surface area contributed by atoms with Crippen LogP contribution >= 0.6 is 11.6 Å². The summed E-state index contributed by atoms with van der Waals surface area (Å²) in [4.78, 5) is 26.8. The van der Waals surface area contributed by atoms with Crippen molar-refractivity contribution in [1.29, 1.82) is 0 Å². The molecule has 2 heterocycles. The van der Waals surface area contributed by atoms with Crippen molar-refractivity contribution in [2.24, 2.45) is 0 Å². The van der Waals surface area contributed by atoms with Gasteiger partial charge in [-0.15, -0.1) is 0 Å². The molecule has 1 aliphatic heterocycles. The number of hydrogen-bond acceptors (Lipinski definition) is 5. The van der Waals surface area contributed by atoms with E-state index in [1.165, 1.54) is 38.2 Å². The zero-order valence-electron chi connectivity index (χ0n) is 17.6. The van der Waals surface area contributed by atoms with Gasteiger partial charge in [0.15, 0.2) is 5.69 Å². The van der Waals surface area contributed by atoms with E-state index < -0.39 is 27.2 Å². The first kappa shape index (κ1) is 23.1. The lowest BCUT2D eigenvalue weighted by Gasteiger charge is -2.33. The normalized spacial score (nSPS) is 14.9. The Morgan fingerprint density at radius 1 is 1.03 bits per heavy atom. The van der Waals surface area contributed by atoms with Crippen molar-refractivity contribution in [3.05, 3.63) is 87.0 Å². The van der Waals surface area contributed by atoms with Crippen LogP contribution in [0.2, 0.25) is 5.02 Å². The monoisotopic (exact) mass is 490 g/mol. The van der Waals surface area contributed by atoms with Gasteiger partial charge in [-0.3, -0.25) is 9.59 Å². The molecule has 0 bridgehead atoms. The first-order valence-corrected chi connectivity index (χ1v) is 11.9. The number of rotatable bonds is 4. The van der Waals surface area contributed by atoms with Gasteiger partial charge in [-0.2, -0.15) is 9.40 Å². The molecule has 4 rings (SSSR count). The van der Waals surface area contributed by atoms with Crippen molar-refractivity contribution in [3.8, 4) is 5.69 Å². The third-order valence-electron chi connectivity index (χ3n) is 5.35. The minimum atomic E-state index is -3.90. The molecule has 0 unspecified atom stereocenters. The second-order valence-corrected chi connectivity index (χ2v) is 9.86. The maximum Gasteiger partial charge on any atom is 0.278 e. The van der Waals surface area contributed by atoms with Gasteiger partial charge in [-0.05, 0) is 37.3 Å². The van der Waals surface area contributed by atoms with Crippen LogP contribution in [0.25, 0.3) is 5.69 Å². The molecule has 0 aliphatic carbocycles. The number of aryl methyl sites for hydroxylation is 1. The Bertz CT molecular complexity index is 1390. The third kappa shape index (κ3) is 4.54. The molecule has 1 aliphatic rings. The van der Waals surface area contributed by atoms with Crippen molar-refractivity contribution >= 4 is 27.5 Å². The highest BCUT2D eigenvalue weighted by Crippen LogP contribution is 2.21. The minimum Gasteiger partial charge on any atom is -0.334 e. The highest BCUT2D eigenvalue weighted by molar-refractivity contribution is 7.89. The van der Waals surface area contributed by atoms with Crippen molar-refractivity contribution in [2.75, 3.05) is 26.2 Å². The fraction of sp³-hybridized carbons (Fsp3) is 0.227. The summed E-state index contributed by atoms with van der Waals surface area (Å²) in [5, 5.41) is 4.67. The molecule has 11 heteroatoms. The molecule has 3 aromatic rings. The summed E-state index contributed by atoms with van der Waals surface area (Å²) in [6, 6.07) is 13.0. The van der Waals surface area contributed by atoms with E-state index in [0.29, 0.717) is 16.4 Å². The van der Waals surface area contributed by atoms with Crippen molar-refractivity contribution < 1.29 is 17.6 Å². The number of halogens is 2. The average molecular weight is 491 g/mol. The van der Waals surface area contributed by atoms with Gasteiger partial charge < -0.3 is 4.90 Å². The Morgan fingerprint density at radius 2 is 1.73 bits per heavy atom. The van der Waals surface area contributed by atoms with Gasteiger partial charge in [0, 0.05) is 37.9 Å². The highest BCUT2D eigenvalue weighted by Gasteiger charge is 2.32. The third-order valence-corrected chi connectivity index (χ3v) is 7.56. The molecule has 1 aromatic heterocycles. The molecule has 8 nitrogen and oxygen atoms in total. The molecular weight excluding hydrogens is 471 g/mol. The smallest absolute Gasteiger partial charge is 0.278 e. The van der Waals surface area contributed by atoms with E-state index in [9.17, 15) is 22.4 Å². The summed E-state index contributed by atoms with van der Waals surface area (Å²) in [7, 11) is -3.90. The number of aromatic nitrogens is 2. The van der Waals surface area contributed by atoms with E-state index in [1.807, 2.05) is 0 Å². The molecule has 33 heavy (non-hydrogen) atoms. The predicted octanol–water partition coefficient (Wildman–Crippen LogP) is 2.48. The second kappa shape index (κ2) is 9.05. The van der Waals surface area contributed by atoms with E-state index in [4.69, 9.17) is 11.6 Å². The zero-order valence-corrected chi connectivity index (χ0v) is 19.2. The number of benzene rings is 2. The molecular formula is C22H20ClFN4O4S. The molecule has 1 amide bonds. The summed E-state index contributed by atoms with van der Waals surface area (Å²) in [6.45, 7) is 1.83. The second-order valence-electron chi connectivity index (χ2n) is 7.52. The van der Waals surface area contributed by atoms with Crippen LogP contribution in [-0.2, 0) is 10.0 Å². The first-order valence-electron chi connectivity index (χ1n) is 10.1. The van der Waals surface area contributed by atoms with Gasteiger partial charge in [0.2, 0.25) is 15.5 Å². The standard InChI is InChI=1S/C22H20ClFN4O4S/c1-15-13-20(29)21(25-28(15)19-8-3-2-7-18(19)23)22(30)26-9-11-27(12-10-26)33(31,32)17-6-4-5-16(24)14-17/h2-8,13-14H,9-12H2,1H3. The van der Waals surface area contributed by atoms with Crippen LogP contribution in [0.15, 0.2) is 64.3 Å². The van der Waals surface area contributed by atoms with E-state index in [2.05, 4.69) is 5.10 Å². The SMILES string of the molecule is Cc1cc(=O)c(C(=O)N2CCN(S(=O)(=O)c3cccc(F)c3)CC2)nn1-c1ccccc1Cl.